The highest BCUT2D eigenvalue weighted by Gasteiger charge is 2.14. The Kier molecular flexibility index (Phi) is 3.22. The molecule has 0 aliphatic heterocycles. The number of carbonyl (C=O) groups is 1. The second-order valence-electron chi connectivity index (χ2n) is 3.73. The molecule has 2 aromatic rings. The van der Waals surface area contributed by atoms with Crippen molar-refractivity contribution in [2.24, 2.45) is 0 Å². The van der Waals surface area contributed by atoms with Crippen molar-refractivity contribution in [2.45, 2.75) is 6.92 Å². The molecule has 4 N–H and O–H groups in total. The van der Waals surface area contributed by atoms with E-state index in [2.05, 4.69) is 15.9 Å². The van der Waals surface area contributed by atoms with Crippen molar-refractivity contribution in [1.82, 2.24) is 0 Å². The van der Waals surface area contributed by atoms with Gasteiger partial charge in [0.05, 0.1) is 4.88 Å². The Hall–Kier alpha value is -1.33. The number of hydrogen-bond acceptors (Lipinski definition) is 4. The fourth-order valence-corrected chi connectivity index (χ4v) is 3.02. The molecule has 0 spiro atoms. The quantitative estimate of drug-likeness (QED) is 0.661. The lowest BCUT2D eigenvalue weighted by Gasteiger charge is -2.02. The summed E-state index contributed by atoms with van der Waals surface area (Å²) in [4.78, 5) is 13.9. The Labute approximate surface area is 112 Å². The second kappa shape index (κ2) is 4.50. The van der Waals surface area contributed by atoms with E-state index in [1.807, 2.05) is 13.0 Å². The average molecular weight is 311 g/mol. The van der Waals surface area contributed by atoms with E-state index < -0.39 is 0 Å². The molecular weight excluding hydrogens is 300 g/mol. The summed E-state index contributed by atoms with van der Waals surface area (Å²) in [5.41, 5.74) is 12.9. The zero-order chi connectivity index (χ0) is 12.6. The molecule has 17 heavy (non-hydrogen) atoms. The zero-order valence-corrected chi connectivity index (χ0v) is 11.6. The molecule has 0 aliphatic rings. The van der Waals surface area contributed by atoms with E-state index in [0.29, 0.717) is 21.8 Å². The molecule has 1 heterocycles. The van der Waals surface area contributed by atoms with Crippen molar-refractivity contribution in [3.05, 3.63) is 44.1 Å². The van der Waals surface area contributed by atoms with Crippen LogP contribution in [0.4, 0.5) is 11.4 Å². The third-order valence-corrected chi connectivity index (χ3v) is 4.46. The maximum atomic E-state index is 12.2. The van der Waals surface area contributed by atoms with Crippen LogP contribution in [-0.4, -0.2) is 5.78 Å². The van der Waals surface area contributed by atoms with E-state index in [0.717, 1.165) is 9.35 Å². The van der Waals surface area contributed by atoms with Crippen molar-refractivity contribution < 1.29 is 4.79 Å². The summed E-state index contributed by atoms with van der Waals surface area (Å²) in [6.07, 6.45) is 0. The summed E-state index contributed by atoms with van der Waals surface area (Å²) >= 11 is 4.85. The molecule has 0 unspecified atom stereocenters. The Morgan fingerprint density at radius 2 is 1.76 bits per heavy atom. The fourth-order valence-electron chi connectivity index (χ4n) is 1.52. The molecule has 0 amide bonds. The molecule has 0 aliphatic carbocycles. The highest BCUT2D eigenvalue weighted by Crippen LogP contribution is 2.28. The van der Waals surface area contributed by atoms with Crippen LogP contribution in [0.3, 0.4) is 0 Å². The van der Waals surface area contributed by atoms with Gasteiger partial charge in [-0.25, -0.2) is 0 Å². The SMILES string of the molecule is Cc1sc(C(=O)c2cc(N)cc(N)c2)cc1Br. The van der Waals surface area contributed by atoms with Gasteiger partial charge in [-0.15, -0.1) is 11.3 Å². The van der Waals surface area contributed by atoms with Gasteiger partial charge in [0.1, 0.15) is 0 Å². The topological polar surface area (TPSA) is 69.1 Å². The standard InChI is InChI=1S/C12H11BrN2OS/c1-6-10(13)5-11(17-6)12(16)7-2-8(14)4-9(15)3-7/h2-5H,14-15H2,1H3. The van der Waals surface area contributed by atoms with Crippen LogP contribution in [-0.2, 0) is 0 Å². The van der Waals surface area contributed by atoms with Crippen LogP contribution in [0.2, 0.25) is 0 Å². The van der Waals surface area contributed by atoms with Crippen LogP contribution in [0, 0.1) is 6.92 Å². The number of anilines is 2. The molecule has 5 heteroatoms. The smallest absolute Gasteiger partial charge is 0.203 e. The predicted molar refractivity (Wildman–Crippen MR) is 75.5 cm³/mol. The van der Waals surface area contributed by atoms with Crippen LogP contribution in [0.25, 0.3) is 0 Å². The maximum absolute atomic E-state index is 12.2. The van der Waals surface area contributed by atoms with Crippen LogP contribution in [0.1, 0.15) is 20.1 Å². The van der Waals surface area contributed by atoms with Crippen molar-refractivity contribution in [2.75, 3.05) is 11.5 Å². The van der Waals surface area contributed by atoms with Gasteiger partial charge in [0, 0.05) is 26.3 Å². The molecule has 0 saturated heterocycles. The van der Waals surface area contributed by atoms with Crippen LogP contribution < -0.4 is 11.5 Å². The van der Waals surface area contributed by atoms with E-state index in [9.17, 15) is 4.79 Å². The lowest BCUT2D eigenvalue weighted by atomic mass is 10.1. The summed E-state index contributed by atoms with van der Waals surface area (Å²) in [5, 5.41) is 0. The number of nitrogens with two attached hydrogens (primary N) is 2. The molecule has 1 aromatic heterocycles. The minimum absolute atomic E-state index is 0.0530. The second-order valence-corrected chi connectivity index (χ2v) is 5.84. The highest BCUT2D eigenvalue weighted by atomic mass is 79.9. The van der Waals surface area contributed by atoms with Gasteiger partial charge in [-0.1, -0.05) is 0 Å². The van der Waals surface area contributed by atoms with E-state index in [-0.39, 0.29) is 5.78 Å². The first-order valence-corrected chi connectivity index (χ1v) is 6.55. The van der Waals surface area contributed by atoms with Crippen LogP contribution in [0.15, 0.2) is 28.7 Å². The number of aryl methyl sites for hydroxylation is 1. The van der Waals surface area contributed by atoms with Gasteiger partial charge in [0.2, 0.25) is 5.78 Å². The zero-order valence-electron chi connectivity index (χ0n) is 9.16. The minimum atomic E-state index is -0.0530. The van der Waals surface area contributed by atoms with Gasteiger partial charge in [-0.3, -0.25) is 4.79 Å². The third kappa shape index (κ3) is 2.50. The van der Waals surface area contributed by atoms with Crippen molar-refractivity contribution in [1.29, 1.82) is 0 Å². The maximum Gasteiger partial charge on any atom is 0.203 e. The Morgan fingerprint density at radius 1 is 1.18 bits per heavy atom. The van der Waals surface area contributed by atoms with E-state index in [1.54, 1.807) is 18.2 Å². The number of nitrogen functional groups attached to an aromatic ring is 2. The molecule has 0 radical (unpaired) electrons. The van der Waals surface area contributed by atoms with Gasteiger partial charge in [-0.05, 0) is 47.1 Å². The third-order valence-electron chi connectivity index (χ3n) is 2.32. The van der Waals surface area contributed by atoms with E-state index in [1.165, 1.54) is 11.3 Å². The van der Waals surface area contributed by atoms with Crippen molar-refractivity contribution >= 4 is 44.4 Å². The predicted octanol–water partition coefficient (Wildman–Crippen LogP) is 3.21. The summed E-state index contributed by atoms with van der Waals surface area (Å²) < 4.78 is 0.947. The highest BCUT2D eigenvalue weighted by molar-refractivity contribution is 9.10. The van der Waals surface area contributed by atoms with Gasteiger partial charge in [-0.2, -0.15) is 0 Å². The summed E-state index contributed by atoms with van der Waals surface area (Å²) in [6, 6.07) is 6.73. The minimum Gasteiger partial charge on any atom is -0.399 e. The monoisotopic (exact) mass is 310 g/mol. The van der Waals surface area contributed by atoms with Crippen LogP contribution in [0.5, 0.6) is 0 Å². The summed E-state index contributed by atoms with van der Waals surface area (Å²) in [6.45, 7) is 1.96. The fraction of sp³-hybridized carbons (Fsp3) is 0.0833. The lowest BCUT2D eigenvalue weighted by molar-refractivity contribution is 0.104. The van der Waals surface area contributed by atoms with E-state index >= 15 is 0 Å². The van der Waals surface area contributed by atoms with Gasteiger partial charge in [0.15, 0.2) is 0 Å². The molecule has 0 fully saturated rings. The summed E-state index contributed by atoms with van der Waals surface area (Å²) in [7, 11) is 0. The first kappa shape index (κ1) is 12.1. The number of carbonyl (C=O) groups excluding carboxylic acids is 1. The van der Waals surface area contributed by atoms with Crippen molar-refractivity contribution in [3.63, 3.8) is 0 Å². The van der Waals surface area contributed by atoms with Crippen LogP contribution >= 0.6 is 27.3 Å². The van der Waals surface area contributed by atoms with Gasteiger partial charge in [0.25, 0.3) is 0 Å². The normalized spacial score (nSPS) is 10.5. The molecule has 1 aromatic carbocycles. The Balaban J connectivity index is 2.43. The molecule has 0 saturated carbocycles. The van der Waals surface area contributed by atoms with Crippen molar-refractivity contribution in [3.8, 4) is 0 Å². The number of benzene rings is 1. The molecular formula is C12H11BrN2OS. The van der Waals surface area contributed by atoms with Gasteiger partial charge < -0.3 is 11.5 Å². The first-order valence-electron chi connectivity index (χ1n) is 4.94. The summed E-state index contributed by atoms with van der Waals surface area (Å²) in [5.74, 6) is -0.0530. The number of rotatable bonds is 2. The number of halogens is 1. The lowest BCUT2D eigenvalue weighted by Crippen LogP contribution is -2.01. The number of ketones is 1. The average Bonchev–Trinajstić information content (AvgIpc) is 2.57. The number of thiophene rings is 1. The molecule has 88 valence electrons. The largest absolute Gasteiger partial charge is 0.399 e. The molecule has 3 nitrogen and oxygen atoms in total. The molecule has 2 rings (SSSR count). The van der Waals surface area contributed by atoms with Gasteiger partial charge >= 0.3 is 0 Å². The molecule has 0 atom stereocenters. The Morgan fingerprint density at radius 3 is 2.24 bits per heavy atom. The Bertz CT molecular complexity index is 552. The molecule has 0 bridgehead atoms. The number of hydrogen-bond donors (Lipinski definition) is 2. The first-order chi connectivity index (χ1) is 7.97. The van der Waals surface area contributed by atoms with E-state index in [4.69, 9.17) is 11.5 Å².